The lowest BCUT2D eigenvalue weighted by Crippen LogP contribution is -2.99. The number of rotatable bonds is 4. The standard InChI is InChI=1S/C15H18N4O4/c1-23-15(20)14-6-12-13(17-9-16-12)8-18(14)7-10-2-4-11(5-3-10)19(21)22/h2-5,9,14,19,21H,6-8H2,1H3,(H,16,17). The maximum absolute atomic E-state index is 12.1. The van der Waals surface area contributed by atoms with Gasteiger partial charge in [0.05, 0.1) is 24.8 Å². The van der Waals surface area contributed by atoms with Crippen molar-refractivity contribution in [2.75, 3.05) is 7.11 Å². The molecule has 0 radical (unpaired) electrons. The van der Waals surface area contributed by atoms with Gasteiger partial charge in [-0.1, -0.05) is 12.1 Å². The number of esters is 1. The minimum atomic E-state index is -0.955. The van der Waals surface area contributed by atoms with E-state index in [4.69, 9.17) is 9.94 Å². The summed E-state index contributed by atoms with van der Waals surface area (Å²) >= 11 is 0. The molecule has 0 spiro atoms. The Labute approximate surface area is 132 Å². The summed E-state index contributed by atoms with van der Waals surface area (Å²) in [6.45, 7) is 1.09. The number of nitrogens with one attached hydrogen (secondary N) is 2. The van der Waals surface area contributed by atoms with Crippen LogP contribution in [0.5, 0.6) is 0 Å². The van der Waals surface area contributed by atoms with Crippen LogP contribution in [0.15, 0.2) is 30.6 Å². The zero-order valence-corrected chi connectivity index (χ0v) is 12.7. The van der Waals surface area contributed by atoms with Gasteiger partial charge in [0.25, 0.3) is 0 Å². The Hall–Kier alpha value is -2.26. The van der Waals surface area contributed by atoms with Crippen LogP contribution in [-0.2, 0) is 29.0 Å². The molecule has 23 heavy (non-hydrogen) atoms. The Bertz CT molecular complexity index is 683. The number of fused-ring (bicyclic) bond motifs is 1. The van der Waals surface area contributed by atoms with E-state index in [9.17, 15) is 10.0 Å². The Morgan fingerprint density at radius 3 is 2.91 bits per heavy atom. The van der Waals surface area contributed by atoms with Gasteiger partial charge in [-0.25, -0.2) is 10.2 Å². The molecule has 0 bridgehead atoms. The molecule has 0 saturated carbocycles. The molecule has 1 aliphatic rings. The molecule has 8 nitrogen and oxygen atoms in total. The fraction of sp³-hybridized carbons (Fsp3) is 0.333. The molecule has 2 heterocycles. The van der Waals surface area contributed by atoms with Crippen molar-refractivity contribution in [3.05, 3.63) is 52.8 Å². The molecule has 0 amide bonds. The number of quaternary nitrogens is 1. The van der Waals surface area contributed by atoms with Gasteiger partial charge in [-0.2, -0.15) is 5.23 Å². The minimum absolute atomic E-state index is 0.243. The second kappa shape index (κ2) is 6.47. The summed E-state index contributed by atoms with van der Waals surface area (Å²) in [4.78, 5) is 21.4. The number of benzene rings is 1. The Kier molecular flexibility index (Phi) is 4.39. The van der Waals surface area contributed by atoms with Crippen molar-refractivity contribution in [1.29, 1.82) is 0 Å². The topological polar surface area (TPSA) is 106 Å². The Balaban J connectivity index is 1.80. The number of methoxy groups -OCH3 is 1. The van der Waals surface area contributed by atoms with Gasteiger partial charge in [-0.05, 0) is 5.56 Å². The molecule has 3 rings (SSSR count). The molecular weight excluding hydrogens is 300 g/mol. The summed E-state index contributed by atoms with van der Waals surface area (Å²) in [7, 11) is 1.38. The number of nitrogens with zero attached hydrogens (tertiary/aromatic N) is 2. The highest BCUT2D eigenvalue weighted by Gasteiger charge is 2.33. The average Bonchev–Trinajstić information content (AvgIpc) is 3.01. The molecule has 1 aromatic carbocycles. The van der Waals surface area contributed by atoms with Crippen LogP contribution >= 0.6 is 0 Å². The van der Waals surface area contributed by atoms with Crippen molar-refractivity contribution in [3.63, 3.8) is 0 Å². The second-order valence-corrected chi connectivity index (χ2v) is 5.48. The average molecular weight is 318 g/mol. The number of carbonyl (C=O) groups excluding carboxylic acids is 1. The lowest BCUT2D eigenvalue weighted by Gasteiger charge is -2.33. The number of ether oxygens (including phenoxy) is 1. The van der Waals surface area contributed by atoms with Gasteiger partial charge in [0, 0.05) is 31.6 Å². The molecule has 122 valence electrons. The quantitative estimate of drug-likeness (QED) is 0.537. The summed E-state index contributed by atoms with van der Waals surface area (Å²) in [5.74, 6) is -0.291. The highest BCUT2D eigenvalue weighted by Crippen LogP contribution is 2.23. The van der Waals surface area contributed by atoms with Crippen molar-refractivity contribution in [2.45, 2.75) is 25.6 Å². The summed E-state index contributed by atoms with van der Waals surface area (Å²) in [5.41, 5.74) is 3.06. The van der Waals surface area contributed by atoms with E-state index < -0.39 is 11.3 Å². The Morgan fingerprint density at radius 1 is 1.52 bits per heavy atom. The number of H-pyrrole nitrogens is 1. The van der Waals surface area contributed by atoms with Crippen LogP contribution in [0.4, 0.5) is 5.69 Å². The van der Waals surface area contributed by atoms with E-state index in [1.807, 2.05) is 4.90 Å². The molecule has 8 heteroatoms. The predicted octanol–water partition coefficient (Wildman–Crippen LogP) is -0.0870. The molecule has 0 saturated heterocycles. The summed E-state index contributed by atoms with van der Waals surface area (Å²) < 4.78 is 4.90. The van der Waals surface area contributed by atoms with Crippen LogP contribution in [0, 0.1) is 5.21 Å². The van der Waals surface area contributed by atoms with Crippen LogP contribution in [0.2, 0.25) is 0 Å². The summed E-state index contributed by atoms with van der Waals surface area (Å²) in [6, 6.07) is 6.27. The van der Waals surface area contributed by atoms with Crippen molar-refractivity contribution < 1.29 is 20.0 Å². The van der Waals surface area contributed by atoms with Gasteiger partial charge in [-0.3, -0.25) is 9.69 Å². The van der Waals surface area contributed by atoms with Crippen molar-refractivity contribution in [2.24, 2.45) is 0 Å². The van der Waals surface area contributed by atoms with Gasteiger partial charge < -0.3 is 14.9 Å². The predicted molar refractivity (Wildman–Crippen MR) is 79.6 cm³/mol. The first-order valence-corrected chi connectivity index (χ1v) is 7.23. The lowest BCUT2D eigenvalue weighted by atomic mass is 10.0. The summed E-state index contributed by atoms with van der Waals surface area (Å²) in [6.07, 6.45) is 2.13. The van der Waals surface area contributed by atoms with Crippen LogP contribution in [-0.4, -0.2) is 39.2 Å². The van der Waals surface area contributed by atoms with E-state index >= 15 is 0 Å². The van der Waals surface area contributed by atoms with Crippen LogP contribution in [0.1, 0.15) is 17.0 Å². The fourth-order valence-electron chi connectivity index (χ4n) is 2.81. The van der Waals surface area contributed by atoms with Gasteiger partial charge >= 0.3 is 5.97 Å². The number of aromatic amines is 1. The van der Waals surface area contributed by atoms with Gasteiger partial charge in [0.15, 0.2) is 5.69 Å². The molecular formula is C15H18N4O4. The van der Waals surface area contributed by atoms with Crippen molar-refractivity contribution in [1.82, 2.24) is 14.9 Å². The third-order valence-corrected chi connectivity index (χ3v) is 4.06. The van der Waals surface area contributed by atoms with E-state index in [2.05, 4.69) is 9.97 Å². The molecule has 0 aliphatic carbocycles. The van der Waals surface area contributed by atoms with E-state index in [-0.39, 0.29) is 11.7 Å². The van der Waals surface area contributed by atoms with E-state index in [1.54, 1.807) is 30.6 Å². The third-order valence-electron chi connectivity index (χ3n) is 4.06. The van der Waals surface area contributed by atoms with E-state index in [1.165, 1.54) is 7.11 Å². The summed E-state index contributed by atoms with van der Waals surface area (Å²) in [5, 5.41) is 18.9. The lowest BCUT2D eigenvalue weighted by molar-refractivity contribution is -0.991. The third kappa shape index (κ3) is 3.25. The first-order valence-electron chi connectivity index (χ1n) is 7.23. The fourth-order valence-corrected chi connectivity index (χ4v) is 2.81. The number of aromatic nitrogens is 2. The van der Waals surface area contributed by atoms with Gasteiger partial charge in [0.1, 0.15) is 6.04 Å². The van der Waals surface area contributed by atoms with E-state index in [0.717, 1.165) is 17.0 Å². The smallest absolute Gasteiger partial charge is 0.323 e. The normalized spacial score (nSPS) is 19.2. The number of carbonyl (C=O) groups is 1. The van der Waals surface area contributed by atoms with Gasteiger partial charge in [0.2, 0.25) is 0 Å². The van der Waals surface area contributed by atoms with Crippen LogP contribution in [0.25, 0.3) is 0 Å². The zero-order valence-electron chi connectivity index (χ0n) is 12.7. The maximum atomic E-state index is 12.1. The molecule has 0 fully saturated rings. The number of hydrogen-bond donors (Lipinski definition) is 3. The van der Waals surface area contributed by atoms with Crippen molar-refractivity contribution in [3.8, 4) is 0 Å². The number of hydrogen-bond acceptors (Lipinski definition) is 6. The second-order valence-electron chi connectivity index (χ2n) is 5.48. The van der Waals surface area contributed by atoms with Crippen LogP contribution < -0.4 is 5.23 Å². The Morgan fingerprint density at radius 2 is 2.26 bits per heavy atom. The largest absolute Gasteiger partial charge is 0.595 e. The monoisotopic (exact) mass is 318 g/mol. The molecule has 2 aromatic rings. The highest BCUT2D eigenvalue weighted by molar-refractivity contribution is 5.76. The first-order chi connectivity index (χ1) is 11.1. The minimum Gasteiger partial charge on any atom is -0.595 e. The molecule has 2 unspecified atom stereocenters. The number of imidazole rings is 1. The molecule has 3 N–H and O–H groups in total. The molecule has 1 aliphatic heterocycles. The first kappa shape index (κ1) is 15.6. The maximum Gasteiger partial charge on any atom is 0.323 e. The highest BCUT2D eigenvalue weighted by atomic mass is 16.8. The van der Waals surface area contributed by atoms with Crippen molar-refractivity contribution >= 4 is 11.7 Å². The molecule has 2 atom stereocenters. The van der Waals surface area contributed by atoms with Gasteiger partial charge in [-0.15, -0.1) is 0 Å². The van der Waals surface area contributed by atoms with E-state index in [0.29, 0.717) is 19.5 Å². The van der Waals surface area contributed by atoms with Crippen LogP contribution in [0.3, 0.4) is 0 Å². The molecule has 1 aromatic heterocycles. The zero-order chi connectivity index (χ0) is 16.4. The SMILES string of the molecule is COC(=O)C1Cc2nc[nH]c2CN1Cc1ccc([NH+]([O-])O)cc1.